The smallest absolute Gasteiger partial charge is 0.328 e. The van der Waals surface area contributed by atoms with Gasteiger partial charge in [0.2, 0.25) is 76.8 Å². The van der Waals surface area contributed by atoms with Gasteiger partial charge in [-0.15, -0.1) is 0 Å². The van der Waals surface area contributed by atoms with Crippen molar-refractivity contribution in [2.45, 2.75) is 205 Å². The van der Waals surface area contributed by atoms with Crippen molar-refractivity contribution < 1.29 is 112 Å². The maximum atomic E-state index is 15.1. The summed E-state index contributed by atoms with van der Waals surface area (Å²) in [6.07, 6.45) is -5.55. The molecule has 19 atom stereocenters. The van der Waals surface area contributed by atoms with Gasteiger partial charge in [-0.05, 0) is 101 Å². The number of allylic oxidation sites excluding steroid dienone is 1. The van der Waals surface area contributed by atoms with E-state index in [0.29, 0.717) is 5.92 Å². The van der Waals surface area contributed by atoms with Crippen LogP contribution in [0, 0.1) is 29.6 Å². The van der Waals surface area contributed by atoms with Crippen molar-refractivity contribution in [1.29, 1.82) is 0 Å². The number of esters is 1. The van der Waals surface area contributed by atoms with Crippen LogP contribution >= 0.6 is 0 Å². The molecule has 0 radical (unpaired) electrons. The topological polar surface area (TPSA) is 596 Å². The Morgan fingerprint density at radius 2 is 1.33 bits per heavy atom. The van der Waals surface area contributed by atoms with Gasteiger partial charge in [0.05, 0.1) is 25.9 Å². The molecule has 0 aliphatic carbocycles. The number of phenolic OH excluding ortho intramolecular Hbond substituents is 1. The van der Waals surface area contributed by atoms with Crippen LogP contribution in [0.5, 0.6) is 5.75 Å². The standard InChI is InChI=1S/C66H109N15O23/c1-30(2)26-32(5)16-19-40(84)24-25-71-49(51(87)55(69)89)61(95)76-47(36(9)82)59(93)79-53(66(11,70)100)62(96)75-46(33(6)34(7)54(68)88)58(92)77-48-37(10)104-65(99)35(8)80(12)64(98)50(52(101-14)38-17-20-39(83)21-18-38)78-57(91)43(22-23-44(67)85)81(13)63(97)41(27-31(3)4)73-45(86)28-72-56(90)42(29-103-102-15)74-60(48)94/h16-21,30-37,40-43,46-53,71,82-84,87,100H,22-29,70H2,1-15H3,(H2,67,85)(H2,68,88)(H2,69,89)(H,72,90)(H,73,86)(H,74,94)(H,75,96)(H,76,95)(H,77,92)(H,78,91)(H,79,93)/b19-16-/t32?,33?,34?,35-,36+,37+,40?,41-,42?,43-,46-,47-,48-,49-,50-,51?,52?,53+,66+/m0/s1. The van der Waals surface area contributed by atoms with Gasteiger partial charge in [0.15, 0.2) is 6.10 Å². The number of phenols is 1. The predicted molar refractivity (Wildman–Crippen MR) is 369 cm³/mol. The number of carbonyl (C=O) groups excluding carboxylic acids is 14. The Bertz CT molecular complexity index is 3150. The zero-order valence-electron chi connectivity index (χ0n) is 61.5. The highest BCUT2D eigenvalue weighted by molar-refractivity contribution is 6.00. The Labute approximate surface area is 603 Å². The summed E-state index contributed by atoms with van der Waals surface area (Å²) in [5, 5.41) is 74.8. The molecule has 1 fully saturated rings. The highest BCUT2D eigenvalue weighted by Gasteiger charge is 2.46. The quantitative estimate of drug-likeness (QED) is 0.0100. The summed E-state index contributed by atoms with van der Waals surface area (Å²) in [4.78, 5) is 208. The average molecular weight is 1480 g/mol. The number of primary amides is 3. The van der Waals surface area contributed by atoms with E-state index in [1.165, 1.54) is 51.2 Å². The Balaban J connectivity index is 2.89. The second kappa shape index (κ2) is 42.7. The molecule has 0 spiro atoms. The summed E-state index contributed by atoms with van der Waals surface area (Å²) < 4.78 is 11.6. The van der Waals surface area contributed by atoms with Crippen molar-refractivity contribution in [2.75, 3.05) is 48.0 Å². The lowest BCUT2D eigenvalue weighted by molar-refractivity contribution is -0.274. The van der Waals surface area contributed by atoms with Gasteiger partial charge in [0, 0.05) is 33.5 Å². The SMILES string of the molecule is COOCC1NC(=O)[C@@H](NC(=O)[C@@H](NC(=O)[C@@H](NC(=O)[C@@H](NC(=O)[C@@H](NCCC(O)/C=C\C(C)CC(C)C)C(O)C(N)=O)[C@@H](C)O)[C@](C)(N)O)C(C)C(C)C(N)=O)[C@@H](C)OC(=O)[C@H](C)N(C)C(=O)[C@H](C(OC)c2ccc(O)cc2)NC(=O)[C@H](CCC(N)=O)N(C)C(=O)[C@H](CC(C)C)NC(=O)CNC1=O. The second-order valence-corrected chi connectivity index (χ2v) is 27.0. The molecule has 1 aromatic carbocycles. The number of amides is 13. The maximum Gasteiger partial charge on any atom is 0.328 e. The zero-order chi connectivity index (χ0) is 79.5. The van der Waals surface area contributed by atoms with Crippen LogP contribution in [0.1, 0.15) is 120 Å². The molecule has 1 heterocycles. The summed E-state index contributed by atoms with van der Waals surface area (Å²) in [7, 11) is 4.48. The summed E-state index contributed by atoms with van der Waals surface area (Å²) >= 11 is 0. The number of aliphatic hydroxyl groups is 4. The number of likely N-dealkylation sites (N-methyl/N-ethyl adjacent to an activating group) is 2. The van der Waals surface area contributed by atoms with Gasteiger partial charge >= 0.3 is 5.97 Å². The molecule has 13 amide bonds. The molecule has 104 heavy (non-hydrogen) atoms. The van der Waals surface area contributed by atoms with Crippen molar-refractivity contribution in [1.82, 2.24) is 57.7 Å². The summed E-state index contributed by atoms with van der Waals surface area (Å²) in [6.45, 7) is 13.8. The predicted octanol–water partition coefficient (Wildman–Crippen LogP) is -6.30. The monoisotopic (exact) mass is 1480 g/mol. The fraction of sp³-hybridized carbons (Fsp3) is 0.667. The largest absolute Gasteiger partial charge is 0.508 e. The molecule has 1 saturated heterocycles. The number of ether oxygens (including phenoxy) is 2. The molecule has 586 valence electrons. The lowest BCUT2D eigenvalue weighted by Gasteiger charge is -2.36. The van der Waals surface area contributed by atoms with Crippen LogP contribution in [-0.4, -0.2) is 257 Å². The number of hydrogen-bond acceptors (Lipinski definition) is 25. The Morgan fingerprint density at radius 3 is 1.86 bits per heavy atom. The number of cyclic esters (lactones) is 1. The number of nitrogens with zero attached hydrogens (tertiary/aromatic N) is 2. The highest BCUT2D eigenvalue weighted by atomic mass is 17.2. The van der Waals surface area contributed by atoms with Crippen LogP contribution in [0.4, 0.5) is 0 Å². The molecule has 38 nitrogen and oxygen atoms in total. The summed E-state index contributed by atoms with van der Waals surface area (Å²) in [6, 6.07) is -14.2. The first-order chi connectivity index (χ1) is 48.3. The van der Waals surface area contributed by atoms with Gasteiger partial charge in [-0.25, -0.2) is 14.6 Å². The minimum atomic E-state index is -2.85. The van der Waals surface area contributed by atoms with Crippen LogP contribution in [-0.2, 0) is 86.4 Å². The fourth-order valence-corrected chi connectivity index (χ4v) is 10.9. The number of carbonyl (C=O) groups is 14. The third-order valence-corrected chi connectivity index (χ3v) is 17.2. The van der Waals surface area contributed by atoms with Crippen molar-refractivity contribution in [3.05, 3.63) is 42.0 Å². The number of rotatable bonds is 34. The number of benzene rings is 1. The van der Waals surface area contributed by atoms with Crippen molar-refractivity contribution >= 4 is 82.8 Å². The van der Waals surface area contributed by atoms with E-state index in [9.17, 15) is 83.1 Å². The molecule has 0 saturated carbocycles. The summed E-state index contributed by atoms with van der Waals surface area (Å²) in [5.41, 5.74) is 19.9. The molecule has 0 aromatic heterocycles. The molecular weight excluding hydrogens is 1370 g/mol. The molecule has 0 bridgehead atoms. The minimum absolute atomic E-state index is 0.0636. The van der Waals surface area contributed by atoms with Crippen molar-refractivity contribution in [3.8, 4) is 5.75 Å². The Kier molecular flexibility index (Phi) is 37.4. The summed E-state index contributed by atoms with van der Waals surface area (Å²) in [5.74, 6) is -20.1. The van der Waals surface area contributed by atoms with E-state index in [0.717, 1.165) is 65.2 Å². The van der Waals surface area contributed by atoms with Crippen LogP contribution < -0.4 is 70.8 Å². The second-order valence-electron chi connectivity index (χ2n) is 27.0. The van der Waals surface area contributed by atoms with E-state index in [-0.39, 0.29) is 42.5 Å². The van der Waals surface area contributed by atoms with Crippen LogP contribution in [0.25, 0.3) is 0 Å². The minimum Gasteiger partial charge on any atom is -0.508 e. The number of aromatic hydroxyl groups is 1. The molecular formula is C66H109N15O23. The van der Waals surface area contributed by atoms with E-state index >= 15 is 9.59 Å². The van der Waals surface area contributed by atoms with Gasteiger partial charge in [0.1, 0.15) is 90.7 Å². The van der Waals surface area contributed by atoms with E-state index in [1.54, 1.807) is 19.9 Å². The van der Waals surface area contributed by atoms with E-state index in [1.807, 2.05) is 20.8 Å². The van der Waals surface area contributed by atoms with Crippen molar-refractivity contribution in [3.63, 3.8) is 0 Å². The molecule has 1 aromatic rings. The number of nitrogens with one attached hydrogen (secondary N) is 9. The van der Waals surface area contributed by atoms with Crippen LogP contribution in [0.15, 0.2) is 36.4 Å². The first kappa shape index (κ1) is 91.1. The van der Waals surface area contributed by atoms with Gasteiger partial charge in [-0.1, -0.05) is 72.8 Å². The normalized spacial score (nSPS) is 23.2. The first-order valence-corrected chi connectivity index (χ1v) is 33.8. The highest BCUT2D eigenvalue weighted by Crippen LogP contribution is 2.27. The molecule has 7 unspecified atom stereocenters. The Hall–Kier alpha value is -9.02. The van der Waals surface area contributed by atoms with E-state index < -0.39 is 217 Å². The number of methoxy groups -OCH3 is 1. The lowest BCUT2D eigenvalue weighted by atomic mass is 9.87. The third-order valence-electron chi connectivity index (χ3n) is 17.2. The van der Waals surface area contributed by atoms with Crippen molar-refractivity contribution in [2.24, 2.45) is 52.5 Å². The Morgan fingerprint density at radius 1 is 0.731 bits per heavy atom. The van der Waals surface area contributed by atoms with Crippen LogP contribution in [0.2, 0.25) is 0 Å². The first-order valence-electron chi connectivity index (χ1n) is 33.8. The molecule has 2 rings (SSSR count). The number of hydrogen-bond donors (Lipinski definition) is 18. The zero-order valence-corrected chi connectivity index (χ0v) is 61.5. The van der Waals surface area contributed by atoms with E-state index in [4.69, 9.17) is 42.2 Å². The lowest BCUT2D eigenvalue weighted by Crippen LogP contribution is -2.69. The third kappa shape index (κ3) is 28.6. The molecule has 1 aliphatic rings. The molecule has 22 N–H and O–H groups in total. The van der Waals surface area contributed by atoms with Gasteiger partial charge in [0.25, 0.3) is 0 Å². The molecule has 1 aliphatic heterocycles. The maximum absolute atomic E-state index is 15.1. The number of nitrogens with two attached hydrogens (primary N) is 4. The fourth-order valence-electron chi connectivity index (χ4n) is 10.9. The van der Waals surface area contributed by atoms with Gasteiger partial charge in [-0.2, -0.15) is 0 Å². The van der Waals surface area contributed by atoms with Crippen LogP contribution in [0.3, 0.4) is 0 Å². The van der Waals surface area contributed by atoms with Gasteiger partial charge in [-0.3, -0.25) is 62.3 Å². The van der Waals surface area contributed by atoms with E-state index in [2.05, 4.69) is 47.9 Å². The molecule has 38 heteroatoms. The van der Waals surface area contributed by atoms with Gasteiger partial charge < -0.3 is 116 Å². The average Bonchev–Trinajstić information content (AvgIpc) is 0.832. The number of aliphatic hydroxyl groups excluding tert-OH is 3.